The zero-order valence-corrected chi connectivity index (χ0v) is 13.6. The summed E-state index contributed by atoms with van der Waals surface area (Å²) in [6.45, 7) is 2.29. The summed E-state index contributed by atoms with van der Waals surface area (Å²) in [5, 5.41) is 2.93. The van der Waals surface area contributed by atoms with Gasteiger partial charge in [0.05, 0.1) is 5.56 Å². The van der Waals surface area contributed by atoms with Crippen molar-refractivity contribution in [2.24, 2.45) is 0 Å². The molecule has 2 amide bonds. The average molecular weight is 343 g/mol. The van der Waals surface area contributed by atoms with E-state index < -0.39 is 0 Å². The second kappa shape index (κ2) is 7.69. The summed E-state index contributed by atoms with van der Waals surface area (Å²) in [5.74, 6) is -0.131. The second-order valence-electron chi connectivity index (χ2n) is 5.67. The number of nitrogens with one attached hydrogen (secondary N) is 1. The van der Waals surface area contributed by atoms with Crippen LogP contribution < -0.4 is 5.32 Å². The number of benzene rings is 1. The molecule has 0 aliphatic carbocycles. The third-order valence-electron chi connectivity index (χ3n) is 4.04. The Labute approximate surface area is 144 Å². The highest BCUT2D eigenvalue weighted by Gasteiger charge is 2.21. The topological polar surface area (TPSA) is 78.4 Å². The van der Waals surface area contributed by atoms with Crippen LogP contribution in [0.25, 0.3) is 0 Å². The van der Waals surface area contributed by atoms with Gasteiger partial charge in [0.2, 0.25) is 12.4 Å². The van der Waals surface area contributed by atoms with Gasteiger partial charge in [-0.3, -0.25) is 9.59 Å². The van der Waals surface area contributed by atoms with Crippen molar-refractivity contribution in [3.63, 3.8) is 0 Å². The van der Waals surface area contributed by atoms with E-state index in [1.54, 1.807) is 28.0 Å². The van der Waals surface area contributed by atoms with Crippen molar-refractivity contribution >= 4 is 18.3 Å². The summed E-state index contributed by atoms with van der Waals surface area (Å²) >= 11 is 0. The van der Waals surface area contributed by atoms with E-state index in [9.17, 15) is 14.0 Å². The summed E-state index contributed by atoms with van der Waals surface area (Å²) in [6.07, 6.45) is 3.69. The molecule has 1 saturated heterocycles. The number of carbonyl (C=O) groups is 2. The molecule has 0 unspecified atom stereocenters. The van der Waals surface area contributed by atoms with Crippen LogP contribution in [0, 0.1) is 5.82 Å². The highest BCUT2D eigenvalue weighted by molar-refractivity contribution is 5.93. The lowest BCUT2D eigenvalue weighted by molar-refractivity contribution is -0.119. The van der Waals surface area contributed by atoms with E-state index in [1.165, 1.54) is 18.5 Å². The predicted octanol–water partition coefficient (Wildman–Crippen LogP) is 1.14. The number of nitrogens with zero attached hydrogens (tertiary/aromatic N) is 4. The highest BCUT2D eigenvalue weighted by atomic mass is 19.1. The molecule has 1 N–H and O–H groups in total. The molecule has 8 heteroatoms. The SMILES string of the molecule is O=CN1CCN(C(=O)c2cnc(NCc3ccccc3F)nc2)CC1. The monoisotopic (exact) mass is 343 g/mol. The third-order valence-corrected chi connectivity index (χ3v) is 4.04. The van der Waals surface area contributed by atoms with E-state index >= 15 is 0 Å². The van der Waals surface area contributed by atoms with Crippen molar-refractivity contribution in [1.29, 1.82) is 0 Å². The molecule has 0 spiro atoms. The zero-order chi connectivity index (χ0) is 17.6. The minimum absolute atomic E-state index is 0.161. The molecule has 1 aromatic carbocycles. The van der Waals surface area contributed by atoms with Crippen LogP contribution in [0.15, 0.2) is 36.7 Å². The number of carbonyl (C=O) groups excluding carboxylic acids is 2. The van der Waals surface area contributed by atoms with Crippen molar-refractivity contribution < 1.29 is 14.0 Å². The van der Waals surface area contributed by atoms with Gasteiger partial charge in [0.1, 0.15) is 5.82 Å². The Bertz CT molecular complexity index is 745. The Morgan fingerprint density at radius 1 is 1.16 bits per heavy atom. The fourth-order valence-corrected chi connectivity index (χ4v) is 2.56. The Balaban J connectivity index is 1.57. The lowest BCUT2D eigenvalue weighted by atomic mass is 10.2. The second-order valence-corrected chi connectivity index (χ2v) is 5.67. The summed E-state index contributed by atoms with van der Waals surface area (Å²) in [6, 6.07) is 6.46. The molecule has 2 heterocycles. The number of piperazine rings is 1. The number of aromatic nitrogens is 2. The van der Waals surface area contributed by atoms with Crippen LogP contribution >= 0.6 is 0 Å². The van der Waals surface area contributed by atoms with Crippen LogP contribution in [0.4, 0.5) is 10.3 Å². The van der Waals surface area contributed by atoms with Crippen LogP contribution in [0.1, 0.15) is 15.9 Å². The molecule has 0 atom stereocenters. The van der Waals surface area contributed by atoms with Gasteiger partial charge in [-0.1, -0.05) is 18.2 Å². The molecular weight excluding hydrogens is 325 g/mol. The molecule has 7 nitrogen and oxygen atoms in total. The summed E-state index contributed by atoms with van der Waals surface area (Å²) in [7, 11) is 0. The molecule has 1 fully saturated rings. The van der Waals surface area contributed by atoms with Crippen molar-refractivity contribution in [2.75, 3.05) is 31.5 Å². The first kappa shape index (κ1) is 16.8. The maximum absolute atomic E-state index is 13.6. The number of hydrogen-bond donors (Lipinski definition) is 1. The fourth-order valence-electron chi connectivity index (χ4n) is 2.56. The van der Waals surface area contributed by atoms with E-state index in [1.807, 2.05) is 0 Å². The number of halogens is 1. The van der Waals surface area contributed by atoms with Crippen LogP contribution in [0.3, 0.4) is 0 Å². The van der Waals surface area contributed by atoms with Crippen molar-refractivity contribution in [2.45, 2.75) is 6.54 Å². The van der Waals surface area contributed by atoms with Gasteiger partial charge in [-0.2, -0.15) is 0 Å². The molecule has 1 aliphatic heterocycles. The first-order valence-electron chi connectivity index (χ1n) is 7.95. The van der Waals surface area contributed by atoms with E-state index in [4.69, 9.17) is 0 Å². The fraction of sp³-hybridized carbons (Fsp3) is 0.294. The number of hydrogen-bond acceptors (Lipinski definition) is 5. The van der Waals surface area contributed by atoms with Crippen LogP contribution in [-0.2, 0) is 11.3 Å². The van der Waals surface area contributed by atoms with Gasteiger partial charge >= 0.3 is 0 Å². The molecule has 1 aliphatic rings. The minimum Gasteiger partial charge on any atom is -0.350 e. The van der Waals surface area contributed by atoms with E-state index in [-0.39, 0.29) is 18.3 Å². The third kappa shape index (κ3) is 4.09. The highest BCUT2D eigenvalue weighted by Crippen LogP contribution is 2.10. The quantitative estimate of drug-likeness (QED) is 0.824. The Morgan fingerprint density at radius 2 is 1.84 bits per heavy atom. The Hall–Kier alpha value is -3.03. The summed E-state index contributed by atoms with van der Waals surface area (Å²) in [5.41, 5.74) is 0.898. The average Bonchev–Trinajstić information content (AvgIpc) is 2.67. The van der Waals surface area contributed by atoms with Gasteiger partial charge in [-0.05, 0) is 6.07 Å². The van der Waals surface area contributed by atoms with Crippen LogP contribution in [0.2, 0.25) is 0 Å². The number of rotatable bonds is 5. The normalized spacial score (nSPS) is 14.3. The largest absolute Gasteiger partial charge is 0.350 e. The van der Waals surface area contributed by atoms with Gasteiger partial charge in [0.25, 0.3) is 5.91 Å². The lowest BCUT2D eigenvalue weighted by Crippen LogP contribution is -2.48. The van der Waals surface area contributed by atoms with Gasteiger partial charge < -0.3 is 15.1 Å². The standard InChI is InChI=1S/C17H18FN5O2/c18-15-4-2-1-3-13(15)9-19-17-20-10-14(11-21-17)16(25)23-7-5-22(12-24)6-8-23/h1-4,10-12H,5-9H2,(H,19,20,21). The maximum Gasteiger partial charge on any atom is 0.257 e. The maximum atomic E-state index is 13.6. The van der Waals surface area contributed by atoms with Gasteiger partial charge in [-0.25, -0.2) is 14.4 Å². The smallest absolute Gasteiger partial charge is 0.257 e. The van der Waals surface area contributed by atoms with Gasteiger partial charge in [0.15, 0.2) is 0 Å². The lowest BCUT2D eigenvalue weighted by Gasteiger charge is -2.32. The molecule has 1 aromatic heterocycles. The summed E-state index contributed by atoms with van der Waals surface area (Å²) < 4.78 is 13.6. The van der Waals surface area contributed by atoms with Crippen LogP contribution in [0.5, 0.6) is 0 Å². The molecule has 25 heavy (non-hydrogen) atoms. The Morgan fingerprint density at radius 3 is 2.48 bits per heavy atom. The number of amides is 2. The van der Waals surface area contributed by atoms with E-state index in [2.05, 4.69) is 15.3 Å². The van der Waals surface area contributed by atoms with Crippen molar-refractivity contribution in [1.82, 2.24) is 19.8 Å². The van der Waals surface area contributed by atoms with Gasteiger partial charge in [0, 0.05) is 50.7 Å². The molecule has 0 radical (unpaired) electrons. The van der Waals surface area contributed by atoms with Crippen molar-refractivity contribution in [3.8, 4) is 0 Å². The first-order chi connectivity index (χ1) is 12.2. The predicted molar refractivity (Wildman–Crippen MR) is 89.3 cm³/mol. The minimum atomic E-state index is -0.295. The molecule has 0 saturated carbocycles. The molecular formula is C17H18FN5O2. The molecule has 2 aromatic rings. The molecule has 0 bridgehead atoms. The Kier molecular flexibility index (Phi) is 5.17. The first-order valence-corrected chi connectivity index (χ1v) is 7.95. The molecule has 3 rings (SSSR count). The summed E-state index contributed by atoms with van der Waals surface area (Å²) in [4.78, 5) is 34.6. The number of anilines is 1. The van der Waals surface area contributed by atoms with Crippen molar-refractivity contribution in [3.05, 3.63) is 53.6 Å². The van der Waals surface area contributed by atoms with E-state index in [0.29, 0.717) is 43.3 Å². The van der Waals surface area contributed by atoms with Gasteiger partial charge in [-0.15, -0.1) is 0 Å². The van der Waals surface area contributed by atoms with E-state index in [0.717, 1.165) is 6.41 Å². The molecule has 130 valence electrons. The van der Waals surface area contributed by atoms with Crippen LogP contribution in [-0.4, -0.2) is 58.3 Å². The zero-order valence-electron chi connectivity index (χ0n) is 13.6.